The van der Waals surface area contributed by atoms with Gasteiger partial charge in [0.1, 0.15) is 42.7 Å². The van der Waals surface area contributed by atoms with Crippen molar-refractivity contribution in [3.05, 3.63) is 33.1 Å². The Labute approximate surface area is 254 Å². The molecule has 0 bridgehead atoms. The van der Waals surface area contributed by atoms with Gasteiger partial charge in [-0.3, -0.25) is 33.0 Å². The number of nitrogens with zero attached hydrogens (tertiary/aromatic N) is 1. The third-order valence-corrected chi connectivity index (χ3v) is 10.6. The molecular weight excluding hydrogens is 684 g/mol. The van der Waals surface area contributed by atoms with Crippen molar-refractivity contribution in [1.82, 2.24) is 14.9 Å². The largest absolute Gasteiger partial charge is 0.483 e. The highest BCUT2D eigenvalue weighted by molar-refractivity contribution is 8.82. The van der Waals surface area contributed by atoms with E-state index in [2.05, 4.69) is 14.2 Å². The number of aliphatic hydroxyl groups excluding tert-OH is 5. The molecule has 3 rings (SSSR count). The Morgan fingerprint density at radius 3 is 2.32 bits per heavy atom. The zero-order valence-electron chi connectivity index (χ0n) is 22.3. The van der Waals surface area contributed by atoms with Crippen molar-refractivity contribution in [3.63, 3.8) is 0 Å². The Hall–Kier alpha value is -1.50. The lowest BCUT2D eigenvalue weighted by atomic mass is 9.97. The average Bonchev–Trinajstić information content (AvgIpc) is 3.19. The van der Waals surface area contributed by atoms with E-state index in [1.165, 1.54) is 6.92 Å². The second-order valence-electron chi connectivity index (χ2n) is 9.12. The molecule has 25 heteroatoms. The van der Waals surface area contributed by atoms with Gasteiger partial charge in [0.05, 0.1) is 19.0 Å². The normalized spacial score (nSPS) is 33.3. The molecule has 11 atom stereocenters. The maximum Gasteiger partial charge on any atom is 0.483 e. The molecule has 9 N–H and O–H groups in total. The maximum absolute atomic E-state index is 12.6. The molecule has 1 amide bonds. The molecule has 2 unspecified atom stereocenters. The number of nitrogens with one attached hydrogen (secondary N) is 2. The summed E-state index contributed by atoms with van der Waals surface area (Å²) in [5.41, 5.74) is -1.78. The molecule has 1 aromatic rings. The van der Waals surface area contributed by atoms with Crippen LogP contribution in [0.2, 0.25) is 0 Å². The van der Waals surface area contributed by atoms with Crippen LogP contribution in [0.3, 0.4) is 0 Å². The predicted octanol–water partition coefficient (Wildman–Crippen LogP) is -3.74. The van der Waals surface area contributed by atoms with Crippen LogP contribution in [0.1, 0.15) is 13.2 Å². The van der Waals surface area contributed by atoms with Crippen molar-refractivity contribution < 1.29 is 76.9 Å². The molecule has 2 aliphatic rings. The predicted molar refractivity (Wildman–Crippen MR) is 145 cm³/mol. The highest BCUT2D eigenvalue weighted by atomic mass is 33.1. The van der Waals surface area contributed by atoms with E-state index in [0.29, 0.717) is 4.57 Å². The van der Waals surface area contributed by atoms with Gasteiger partial charge in [-0.15, -0.1) is 0 Å². The molecule has 2 aliphatic heterocycles. The molecule has 44 heavy (non-hydrogen) atoms. The standard InChI is InChI=1S/C19H29N3O18P2S2/c1-7(24)44-43-6-11(26)20-12-15(29)13(27)8(4-23)38-18(12)39-42(34,35)40-41(32,33)36-5-9-14(28)16(30)17(37-9)22-3-2-10(25)21-19(22)31/h2-3,8-9,12-18,23,27-30H,4-6H2,1H3,(H,20,26)(H,32,33)(H,34,35)(H,21,25,31)/t8-,9-,12-,13+,14-,15-,16-,17-,18-/m1/s1. The summed E-state index contributed by atoms with van der Waals surface area (Å²) in [7, 11) is -9.77. The molecule has 0 spiro atoms. The van der Waals surface area contributed by atoms with Gasteiger partial charge in [-0.05, 0) is 10.8 Å². The fourth-order valence-electron chi connectivity index (χ4n) is 3.92. The summed E-state index contributed by atoms with van der Waals surface area (Å²) < 4.78 is 49.8. The smallest absolute Gasteiger partial charge is 0.394 e. The van der Waals surface area contributed by atoms with Crippen molar-refractivity contribution in [2.24, 2.45) is 0 Å². The first-order valence-electron chi connectivity index (χ1n) is 12.2. The van der Waals surface area contributed by atoms with Gasteiger partial charge in [0.25, 0.3) is 5.56 Å². The number of rotatable bonds is 13. The number of phosphoric ester groups is 2. The summed E-state index contributed by atoms with van der Waals surface area (Å²) >= 11 is 0. The number of hydrogen-bond acceptors (Lipinski definition) is 18. The Morgan fingerprint density at radius 2 is 1.70 bits per heavy atom. The number of ether oxygens (including phenoxy) is 2. The van der Waals surface area contributed by atoms with E-state index < -0.39 is 101 Å². The average molecular weight is 714 g/mol. The van der Waals surface area contributed by atoms with E-state index >= 15 is 0 Å². The van der Waals surface area contributed by atoms with Crippen LogP contribution in [0.4, 0.5) is 0 Å². The van der Waals surface area contributed by atoms with Crippen molar-refractivity contribution >= 4 is 48.3 Å². The van der Waals surface area contributed by atoms with Gasteiger partial charge < -0.3 is 50.1 Å². The summed E-state index contributed by atoms with van der Waals surface area (Å²) in [5, 5.41) is 52.3. The van der Waals surface area contributed by atoms with E-state index in [1.54, 1.807) is 0 Å². The lowest BCUT2D eigenvalue weighted by Gasteiger charge is -2.42. The lowest BCUT2D eigenvalue weighted by Crippen LogP contribution is -2.64. The minimum atomic E-state index is -5.72. The van der Waals surface area contributed by atoms with Crippen molar-refractivity contribution in [2.45, 2.75) is 62.1 Å². The lowest BCUT2D eigenvalue weighted by molar-refractivity contribution is -0.247. The van der Waals surface area contributed by atoms with Crippen molar-refractivity contribution in [3.8, 4) is 0 Å². The first-order chi connectivity index (χ1) is 20.4. The monoisotopic (exact) mass is 713 g/mol. The summed E-state index contributed by atoms with van der Waals surface area (Å²) in [6.07, 6.45) is -13.4. The minimum absolute atomic E-state index is 0.325. The van der Waals surface area contributed by atoms with Crippen LogP contribution < -0.4 is 16.6 Å². The summed E-state index contributed by atoms with van der Waals surface area (Å²) in [4.78, 5) is 68.7. The molecule has 0 aliphatic carbocycles. The fourth-order valence-corrected chi connectivity index (χ4v) is 7.49. The van der Waals surface area contributed by atoms with Crippen LogP contribution in [-0.2, 0) is 41.6 Å². The number of aliphatic hydroxyl groups is 5. The van der Waals surface area contributed by atoms with E-state index in [4.69, 9.17) is 14.0 Å². The van der Waals surface area contributed by atoms with Crippen LogP contribution in [-0.4, -0.2) is 124 Å². The van der Waals surface area contributed by atoms with E-state index in [-0.39, 0.29) is 10.9 Å². The summed E-state index contributed by atoms with van der Waals surface area (Å²) in [6.45, 7) is -0.761. The third kappa shape index (κ3) is 9.75. The van der Waals surface area contributed by atoms with Crippen LogP contribution in [0.25, 0.3) is 0 Å². The first kappa shape index (κ1) is 37.0. The number of carbonyl (C=O) groups is 2. The summed E-state index contributed by atoms with van der Waals surface area (Å²) in [5.74, 6) is -1.22. The molecule has 2 saturated heterocycles. The Morgan fingerprint density at radius 1 is 1.05 bits per heavy atom. The van der Waals surface area contributed by atoms with Gasteiger partial charge in [-0.1, -0.05) is 10.8 Å². The first-order valence-corrected chi connectivity index (χ1v) is 17.5. The zero-order chi connectivity index (χ0) is 33.0. The van der Waals surface area contributed by atoms with E-state index in [1.807, 2.05) is 4.98 Å². The molecule has 21 nitrogen and oxygen atoms in total. The number of amides is 1. The second kappa shape index (κ2) is 15.4. The number of carbonyl (C=O) groups excluding carboxylic acids is 2. The van der Waals surface area contributed by atoms with Crippen LogP contribution in [0.15, 0.2) is 21.9 Å². The van der Waals surface area contributed by atoms with Gasteiger partial charge in [-0.25, -0.2) is 13.9 Å². The van der Waals surface area contributed by atoms with Gasteiger partial charge in [0.2, 0.25) is 5.91 Å². The molecule has 2 fully saturated rings. The highest BCUT2D eigenvalue weighted by Gasteiger charge is 2.50. The molecule has 0 radical (unpaired) electrons. The maximum atomic E-state index is 12.6. The summed E-state index contributed by atoms with van der Waals surface area (Å²) in [6, 6.07) is -0.883. The number of phosphoric acid groups is 2. The fraction of sp³-hybridized carbons (Fsp3) is 0.684. The van der Waals surface area contributed by atoms with E-state index in [9.17, 15) is 63.6 Å². The Kier molecular flexibility index (Phi) is 12.9. The SMILES string of the molecule is CC(=O)SSCC(=O)N[C@H]1[C@@H](OP(=O)(O)OP(=O)(O)OC[C@H]2O[C@@H](n3ccc(=O)[nH]c3=O)[C@H](O)[C@@H]2O)O[C@H](CO)[C@H](O)[C@@H]1O. The number of hydrogen-bond donors (Lipinski definition) is 9. The number of H-pyrrole nitrogens is 1. The van der Waals surface area contributed by atoms with Crippen LogP contribution in [0, 0.1) is 0 Å². The molecule has 1 aromatic heterocycles. The number of aromatic nitrogens is 2. The molecule has 3 heterocycles. The quantitative estimate of drug-likeness (QED) is 0.0700. The van der Waals surface area contributed by atoms with Crippen LogP contribution in [0.5, 0.6) is 0 Å². The van der Waals surface area contributed by atoms with Gasteiger partial charge in [0, 0.05) is 19.2 Å². The van der Waals surface area contributed by atoms with Crippen molar-refractivity contribution in [2.75, 3.05) is 19.0 Å². The topological polar surface area (TPSA) is 323 Å². The third-order valence-electron chi connectivity index (χ3n) is 5.88. The molecule has 0 saturated carbocycles. The molecule has 0 aromatic carbocycles. The Bertz CT molecular complexity index is 1400. The van der Waals surface area contributed by atoms with Gasteiger partial charge in [0.15, 0.2) is 17.6 Å². The van der Waals surface area contributed by atoms with Gasteiger partial charge >= 0.3 is 21.3 Å². The van der Waals surface area contributed by atoms with Crippen LogP contribution >= 0.6 is 37.2 Å². The molecule has 250 valence electrons. The minimum Gasteiger partial charge on any atom is -0.394 e. The zero-order valence-corrected chi connectivity index (χ0v) is 25.7. The second-order valence-corrected chi connectivity index (χ2v) is 14.6. The number of aromatic amines is 1. The highest BCUT2D eigenvalue weighted by Crippen LogP contribution is 2.61. The molecular formula is C19H29N3O18P2S2. The van der Waals surface area contributed by atoms with Crippen molar-refractivity contribution in [1.29, 1.82) is 0 Å². The van der Waals surface area contributed by atoms with E-state index in [0.717, 1.165) is 33.9 Å². The van der Waals surface area contributed by atoms with Gasteiger partial charge in [-0.2, -0.15) is 4.31 Å². The Balaban J connectivity index is 1.65.